The van der Waals surface area contributed by atoms with Crippen molar-refractivity contribution in [3.63, 3.8) is 0 Å². The van der Waals surface area contributed by atoms with Crippen LogP contribution in [0, 0.1) is 0 Å². The first kappa shape index (κ1) is 12.1. The zero-order valence-corrected chi connectivity index (χ0v) is 10.6. The minimum atomic E-state index is 0.620. The summed E-state index contributed by atoms with van der Waals surface area (Å²) < 4.78 is 0. The van der Waals surface area contributed by atoms with Gasteiger partial charge in [0.15, 0.2) is 0 Å². The van der Waals surface area contributed by atoms with Crippen LogP contribution < -0.4 is 5.73 Å². The number of aromatic nitrogens is 3. The van der Waals surface area contributed by atoms with Crippen LogP contribution in [0.5, 0.6) is 0 Å². The first-order chi connectivity index (χ1) is 9.78. The summed E-state index contributed by atoms with van der Waals surface area (Å²) >= 11 is 0. The van der Waals surface area contributed by atoms with E-state index in [1.807, 2.05) is 18.2 Å². The fourth-order valence-electron chi connectivity index (χ4n) is 1.98. The molecule has 0 atom stereocenters. The Morgan fingerprint density at radius 2 is 2.10 bits per heavy atom. The van der Waals surface area contributed by atoms with Crippen LogP contribution in [0.4, 0.5) is 5.69 Å². The first-order valence-corrected chi connectivity index (χ1v) is 6.09. The number of aldehydes is 1. The number of nitrogen functional groups attached to an aromatic ring is 1. The van der Waals surface area contributed by atoms with Crippen LogP contribution in [0.1, 0.15) is 21.6 Å². The molecule has 0 bridgehead atoms. The average Bonchev–Trinajstić information content (AvgIpc) is 2.88. The first-order valence-electron chi connectivity index (χ1n) is 6.09. The van der Waals surface area contributed by atoms with Crippen LogP contribution in [0.3, 0.4) is 0 Å². The van der Waals surface area contributed by atoms with Crippen molar-refractivity contribution in [3.8, 4) is 0 Å². The highest BCUT2D eigenvalue weighted by Gasteiger charge is 2.03. The van der Waals surface area contributed by atoms with Crippen molar-refractivity contribution in [2.24, 2.45) is 0 Å². The maximum Gasteiger partial charge on any atom is 0.150 e. The standard InChI is InChI=1S/C15H12N4O/c16-13-5-6-17-8-11(13)2-4-15-12-7-10(9-20)1-3-14(12)18-19-15/h1-9H,(H2,16,17)(H,18,19). The molecule has 2 heterocycles. The molecule has 3 N–H and O–H groups in total. The minimum Gasteiger partial charge on any atom is -0.398 e. The molecule has 0 unspecified atom stereocenters. The van der Waals surface area contributed by atoms with Gasteiger partial charge in [-0.2, -0.15) is 5.10 Å². The zero-order valence-electron chi connectivity index (χ0n) is 10.6. The van der Waals surface area contributed by atoms with Crippen molar-refractivity contribution < 1.29 is 4.79 Å². The molecule has 0 radical (unpaired) electrons. The molecule has 3 rings (SSSR count). The number of aromatic amines is 1. The lowest BCUT2D eigenvalue weighted by atomic mass is 10.1. The van der Waals surface area contributed by atoms with E-state index in [-0.39, 0.29) is 0 Å². The fourth-order valence-corrected chi connectivity index (χ4v) is 1.98. The summed E-state index contributed by atoms with van der Waals surface area (Å²) in [5.74, 6) is 0. The number of pyridine rings is 1. The van der Waals surface area contributed by atoms with E-state index in [1.165, 1.54) is 0 Å². The number of fused-ring (bicyclic) bond motifs is 1. The number of nitrogens with zero attached hydrogens (tertiary/aromatic N) is 2. The number of nitrogens with one attached hydrogen (secondary N) is 1. The van der Waals surface area contributed by atoms with Crippen molar-refractivity contribution in [1.29, 1.82) is 0 Å². The van der Waals surface area contributed by atoms with Crippen molar-refractivity contribution >= 4 is 35.0 Å². The van der Waals surface area contributed by atoms with Crippen molar-refractivity contribution in [3.05, 3.63) is 53.5 Å². The van der Waals surface area contributed by atoms with Gasteiger partial charge < -0.3 is 5.73 Å². The van der Waals surface area contributed by atoms with Crippen molar-refractivity contribution in [1.82, 2.24) is 15.2 Å². The lowest BCUT2D eigenvalue weighted by Gasteiger charge is -1.97. The highest BCUT2D eigenvalue weighted by Crippen LogP contribution is 2.20. The Balaban J connectivity index is 2.02. The van der Waals surface area contributed by atoms with Crippen molar-refractivity contribution in [2.75, 3.05) is 5.73 Å². The van der Waals surface area contributed by atoms with Gasteiger partial charge in [-0.15, -0.1) is 0 Å². The van der Waals surface area contributed by atoms with Crippen LogP contribution in [0.25, 0.3) is 23.1 Å². The van der Waals surface area contributed by atoms with E-state index in [2.05, 4.69) is 15.2 Å². The lowest BCUT2D eigenvalue weighted by Crippen LogP contribution is -1.89. The monoisotopic (exact) mass is 264 g/mol. The van der Waals surface area contributed by atoms with E-state index in [4.69, 9.17) is 5.73 Å². The Bertz CT molecular complexity index is 804. The topological polar surface area (TPSA) is 84.7 Å². The van der Waals surface area contributed by atoms with Crippen LogP contribution in [-0.2, 0) is 0 Å². The summed E-state index contributed by atoms with van der Waals surface area (Å²) in [5.41, 5.74) is 9.61. The van der Waals surface area contributed by atoms with Crippen LogP contribution in [0.2, 0.25) is 0 Å². The molecule has 5 nitrogen and oxygen atoms in total. The van der Waals surface area contributed by atoms with E-state index < -0.39 is 0 Å². The summed E-state index contributed by atoms with van der Waals surface area (Å²) in [5, 5.41) is 8.03. The molecule has 20 heavy (non-hydrogen) atoms. The molecule has 0 fully saturated rings. The minimum absolute atomic E-state index is 0.620. The Kier molecular flexibility index (Phi) is 3.01. The number of benzene rings is 1. The molecule has 3 aromatic rings. The second kappa shape index (κ2) is 4.97. The van der Waals surface area contributed by atoms with Gasteiger partial charge in [-0.25, -0.2) is 0 Å². The summed E-state index contributed by atoms with van der Waals surface area (Å²) in [7, 11) is 0. The molecule has 1 aromatic carbocycles. The molecular weight excluding hydrogens is 252 g/mol. The Morgan fingerprint density at radius 3 is 2.90 bits per heavy atom. The van der Waals surface area contributed by atoms with Gasteiger partial charge in [-0.1, -0.05) is 0 Å². The maximum atomic E-state index is 10.8. The quantitative estimate of drug-likeness (QED) is 0.712. The smallest absolute Gasteiger partial charge is 0.150 e. The Morgan fingerprint density at radius 1 is 1.20 bits per heavy atom. The van der Waals surface area contributed by atoms with Gasteiger partial charge in [0, 0.05) is 34.6 Å². The van der Waals surface area contributed by atoms with E-state index in [0.717, 1.165) is 28.4 Å². The molecular formula is C15H12N4O. The highest BCUT2D eigenvalue weighted by atomic mass is 16.1. The number of H-pyrrole nitrogens is 1. The van der Waals surface area contributed by atoms with Gasteiger partial charge in [0.2, 0.25) is 0 Å². The number of hydrogen-bond acceptors (Lipinski definition) is 4. The number of nitrogens with two attached hydrogens (primary N) is 1. The molecule has 0 spiro atoms. The van der Waals surface area contributed by atoms with Gasteiger partial charge in [-0.3, -0.25) is 14.9 Å². The number of hydrogen-bond donors (Lipinski definition) is 2. The van der Waals surface area contributed by atoms with Gasteiger partial charge in [0.1, 0.15) is 6.29 Å². The van der Waals surface area contributed by atoms with Gasteiger partial charge in [0.25, 0.3) is 0 Å². The Labute approximate surface area is 115 Å². The van der Waals surface area contributed by atoms with Crippen LogP contribution >= 0.6 is 0 Å². The van der Waals surface area contributed by atoms with Crippen LogP contribution in [-0.4, -0.2) is 21.5 Å². The SMILES string of the molecule is Nc1ccncc1C=Cc1[nH]nc2ccc(C=O)cc12. The van der Waals surface area contributed by atoms with Crippen LogP contribution in [0.15, 0.2) is 36.7 Å². The molecule has 98 valence electrons. The number of anilines is 1. The molecule has 0 aliphatic rings. The third-order valence-electron chi connectivity index (χ3n) is 3.06. The predicted molar refractivity (Wildman–Crippen MR) is 79.1 cm³/mol. The fraction of sp³-hybridized carbons (Fsp3) is 0. The van der Waals surface area contributed by atoms with E-state index in [1.54, 1.807) is 30.6 Å². The average molecular weight is 264 g/mol. The zero-order chi connectivity index (χ0) is 13.9. The maximum absolute atomic E-state index is 10.8. The molecule has 0 saturated heterocycles. The molecule has 2 aromatic heterocycles. The summed E-state index contributed by atoms with van der Waals surface area (Å²) in [6.07, 6.45) is 7.90. The largest absolute Gasteiger partial charge is 0.398 e. The molecule has 0 aliphatic heterocycles. The third kappa shape index (κ3) is 2.16. The number of carbonyl (C=O) groups excluding carboxylic acids is 1. The molecule has 0 aliphatic carbocycles. The highest BCUT2D eigenvalue weighted by molar-refractivity contribution is 5.93. The van der Waals surface area contributed by atoms with E-state index in [9.17, 15) is 4.79 Å². The number of carbonyl (C=O) groups is 1. The Hall–Kier alpha value is -2.95. The molecule has 0 saturated carbocycles. The second-order valence-electron chi connectivity index (χ2n) is 4.37. The normalized spacial score (nSPS) is 11.2. The second-order valence-corrected chi connectivity index (χ2v) is 4.37. The van der Waals surface area contributed by atoms with E-state index in [0.29, 0.717) is 11.3 Å². The van der Waals surface area contributed by atoms with Gasteiger partial charge in [-0.05, 0) is 36.4 Å². The third-order valence-corrected chi connectivity index (χ3v) is 3.06. The summed E-state index contributed by atoms with van der Waals surface area (Å²) in [6.45, 7) is 0. The van der Waals surface area contributed by atoms with Crippen molar-refractivity contribution in [2.45, 2.75) is 0 Å². The van der Waals surface area contributed by atoms with E-state index >= 15 is 0 Å². The summed E-state index contributed by atoms with van der Waals surface area (Å²) in [6, 6.07) is 7.10. The molecule has 0 amide bonds. The number of rotatable bonds is 3. The molecule has 5 heteroatoms. The van der Waals surface area contributed by atoms with Gasteiger partial charge in [0.05, 0.1) is 11.2 Å². The lowest BCUT2D eigenvalue weighted by molar-refractivity contribution is 0.112. The van der Waals surface area contributed by atoms with Gasteiger partial charge >= 0.3 is 0 Å². The summed E-state index contributed by atoms with van der Waals surface area (Å²) in [4.78, 5) is 14.9. The predicted octanol–water partition coefficient (Wildman–Crippen LogP) is 2.52.